The number of rotatable bonds is 2. The zero-order chi connectivity index (χ0) is 12.3. The van der Waals surface area contributed by atoms with Crippen molar-refractivity contribution >= 4 is 11.6 Å². The number of anilines is 1. The predicted molar refractivity (Wildman–Crippen MR) is 62.2 cm³/mol. The third kappa shape index (κ3) is 2.55. The summed E-state index contributed by atoms with van der Waals surface area (Å²) in [5.41, 5.74) is 0.626. The first kappa shape index (κ1) is 11.9. The Morgan fingerprint density at radius 2 is 2.35 bits per heavy atom. The van der Waals surface area contributed by atoms with Crippen LogP contribution >= 0.6 is 0 Å². The van der Waals surface area contributed by atoms with Crippen LogP contribution in [0.25, 0.3) is 0 Å². The van der Waals surface area contributed by atoms with Crippen molar-refractivity contribution in [3.63, 3.8) is 0 Å². The van der Waals surface area contributed by atoms with Crippen molar-refractivity contribution in [2.75, 3.05) is 24.6 Å². The van der Waals surface area contributed by atoms with Gasteiger partial charge in [-0.1, -0.05) is 6.07 Å². The van der Waals surface area contributed by atoms with Crippen LogP contribution in [0, 0.1) is 5.82 Å². The Kier molecular flexibility index (Phi) is 3.58. The molecule has 1 aromatic rings. The first-order chi connectivity index (χ1) is 8.22. The van der Waals surface area contributed by atoms with E-state index >= 15 is 0 Å². The Bertz CT molecular complexity index is 411. The van der Waals surface area contributed by atoms with Crippen molar-refractivity contribution in [3.8, 4) is 0 Å². The van der Waals surface area contributed by atoms with Crippen molar-refractivity contribution in [1.82, 2.24) is 5.32 Å². The molecule has 0 bridgehead atoms. The second-order valence-corrected chi connectivity index (χ2v) is 4.02. The third-order valence-electron chi connectivity index (χ3n) is 2.87. The Labute approximate surface area is 99.0 Å². The van der Waals surface area contributed by atoms with E-state index in [2.05, 4.69) is 5.32 Å². The molecule has 92 valence electrons. The highest BCUT2D eigenvalue weighted by Crippen LogP contribution is 2.19. The number of nitrogens with one attached hydrogen (secondary N) is 1. The average molecular weight is 238 g/mol. The fourth-order valence-corrected chi connectivity index (χ4v) is 2.02. The summed E-state index contributed by atoms with van der Waals surface area (Å²) in [6, 6.07) is 5.43. The molecule has 2 N–H and O–H groups in total. The molecule has 0 radical (unpaired) electrons. The lowest BCUT2D eigenvalue weighted by Gasteiger charge is -2.29. The number of carbonyl (C=O) groups excluding carboxylic acids is 1. The second-order valence-electron chi connectivity index (χ2n) is 4.02. The molecule has 4 nitrogen and oxygen atoms in total. The molecule has 0 aromatic heterocycles. The van der Waals surface area contributed by atoms with Crippen molar-refractivity contribution in [1.29, 1.82) is 0 Å². The van der Waals surface area contributed by atoms with Crippen molar-refractivity contribution < 1.29 is 14.3 Å². The van der Waals surface area contributed by atoms with Crippen molar-refractivity contribution in [2.45, 2.75) is 12.5 Å². The van der Waals surface area contributed by atoms with Crippen LogP contribution in [0.4, 0.5) is 10.1 Å². The molecule has 1 aliphatic rings. The fraction of sp³-hybridized carbons (Fsp3) is 0.417. The third-order valence-corrected chi connectivity index (χ3v) is 2.87. The first-order valence-corrected chi connectivity index (χ1v) is 5.63. The van der Waals surface area contributed by atoms with Crippen LogP contribution in [0.5, 0.6) is 0 Å². The molecule has 1 atom stereocenters. The number of hydrogen-bond donors (Lipinski definition) is 2. The first-order valence-electron chi connectivity index (χ1n) is 5.63. The fourth-order valence-electron chi connectivity index (χ4n) is 2.02. The van der Waals surface area contributed by atoms with Crippen molar-refractivity contribution in [3.05, 3.63) is 30.1 Å². The van der Waals surface area contributed by atoms with Gasteiger partial charge >= 0.3 is 0 Å². The standard InChI is InChI=1S/C12H15FN2O2/c13-9-3-1-4-10(7-9)15-6-2-5-14-12(17)11(15)8-16/h1,3-4,7,11,16H,2,5-6,8H2,(H,14,17). The van der Waals surface area contributed by atoms with Gasteiger partial charge in [0.1, 0.15) is 11.9 Å². The summed E-state index contributed by atoms with van der Waals surface area (Å²) in [7, 11) is 0. The summed E-state index contributed by atoms with van der Waals surface area (Å²) in [5, 5.41) is 12.0. The van der Waals surface area contributed by atoms with Gasteiger partial charge in [0, 0.05) is 18.8 Å². The van der Waals surface area contributed by atoms with Crippen LogP contribution < -0.4 is 10.2 Å². The van der Waals surface area contributed by atoms with E-state index in [0.29, 0.717) is 18.8 Å². The highest BCUT2D eigenvalue weighted by atomic mass is 19.1. The monoisotopic (exact) mass is 238 g/mol. The summed E-state index contributed by atoms with van der Waals surface area (Å²) in [5.74, 6) is -0.557. The number of hydrogen-bond acceptors (Lipinski definition) is 3. The molecule has 17 heavy (non-hydrogen) atoms. The molecule has 1 saturated heterocycles. The van der Waals surface area contributed by atoms with Crippen LogP contribution in [0.15, 0.2) is 24.3 Å². The van der Waals surface area contributed by atoms with E-state index < -0.39 is 6.04 Å². The van der Waals surface area contributed by atoms with E-state index in [9.17, 15) is 14.3 Å². The van der Waals surface area contributed by atoms with E-state index in [1.807, 2.05) is 0 Å². The van der Waals surface area contributed by atoms with E-state index in [1.54, 1.807) is 17.0 Å². The summed E-state index contributed by atoms with van der Waals surface area (Å²) in [6.45, 7) is 0.927. The predicted octanol–water partition coefficient (Wildman–Crippen LogP) is 0.513. The maximum Gasteiger partial charge on any atom is 0.245 e. The van der Waals surface area contributed by atoms with Crippen LogP contribution in [-0.4, -0.2) is 36.8 Å². The van der Waals surface area contributed by atoms with Gasteiger partial charge in [0.25, 0.3) is 0 Å². The van der Waals surface area contributed by atoms with E-state index in [-0.39, 0.29) is 18.3 Å². The number of amides is 1. The van der Waals surface area contributed by atoms with Gasteiger partial charge in [-0.05, 0) is 24.6 Å². The quantitative estimate of drug-likeness (QED) is 0.789. The minimum absolute atomic E-state index is 0.214. The zero-order valence-corrected chi connectivity index (χ0v) is 9.40. The second kappa shape index (κ2) is 5.14. The maximum absolute atomic E-state index is 13.2. The summed E-state index contributed by atoms with van der Waals surface area (Å²) in [6.07, 6.45) is 0.777. The lowest BCUT2D eigenvalue weighted by Crippen LogP contribution is -2.46. The Hall–Kier alpha value is -1.62. The van der Waals surface area contributed by atoms with Gasteiger partial charge in [-0.3, -0.25) is 4.79 Å². The lowest BCUT2D eigenvalue weighted by atomic mass is 10.2. The lowest BCUT2D eigenvalue weighted by molar-refractivity contribution is -0.122. The largest absolute Gasteiger partial charge is 0.394 e. The molecule has 1 fully saturated rings. The van der Waals surface area contributed by atoms with Crippen LogP contribution in [-0.2, 0) is 4.79 Å². The summed E-state index contributed by atoms with van der Waals surface area (Å²) in [4.78, 5) is 13.4. The Balaban J connectivity index is 2.30. The number of carbonyl (C=O) groups is 1. The summed E-state index contributed by atoms with van der Waals surface area (Å²) >= 11 is 0. The minimum Gasteiger partial charge on any atom is -0.394 e. The number of aliphatic hydroxyl groups is 1. The molecule has 0 saturated carbocycles. The summed E-state index contributed by atoms with van der Waals surface area (Å²) < 4.78 is 13.2. The molecule has 2 rings (SSSR count). The molecule has 1 unspecified atom stereocenters. The molecule has 0 spiro atoms. The highest BCUT2D eigenvalue weighted by Gasteiger charge is 2.27. The number of benzene rings is 1. The number of aliphatic hydroxyl groups excluding tert-OH is 1. The topological polar surface area (TPSA) is 52.6 Å². The van der Waals surface area contributed by atoms with E-state index in [1.165, 1.54) is 12.1 Å². The van der Waals surface area contributed by atoms with Crippen LogP contribution in [0.3, 0.4) is 0 Å². The van der Waals surface area contributed by atoms with E-state index in [4.69, 9.17) is 0 Å². The molecule has 1 amide bonds. The maximum atomic E-state index is 13.2. The highest BCUT2D eigenvalue weighted by molar-refractivity contribution is 5.85. The van der Waals surface area contributed by atoms with Crippen molar-refractivity contribution in [2.24, 2.45) is 0 Å². The SMILES string of the molecule is O=C1NCCCN(c2cccc(F)c2)C1CO. The molecular weight excluding hydrogens is 223 g/mol. The van der Waals surface area contributed by atoms with Crippen LogP contribution in [0.1, 0.15) is 6.42 Å². The van der Waals surface area contributed by atoms with Crippen LogP contribution in [0.2, 0.25) is 0 Å². The normalized spacial score (nSPS) is 20.9. The number of halogens is 1. The van der Waals surface area contributed by atoms with E-state index in [0.717, 1.165) is 6.42 Å². The molecule has 5 heteroatoms. The molecule has 1 aliphatic heterocycles. The molecule has 0 aliphatic carbocycles. The van der Waals surface area contributed by atoms with Gasteiger partial charge in [-0.2, -0.15) is 0 Å². The van der Waals surface area contributed by atoms with Gasteiger partial charge in [0.15, 0.2) is 0 Å². The smallest absolute Gasteiger partial charge is 0.245 e. The Morgan fingerprint density at radius 1 is 1.53 bits per heavy atom. The van der Waals surface area contributed by atoms with Gasteiger partial charge < -0.3 is 15.3 Å². The molecule has 1 heterocycles. The van der Waals surface area contributed by atoms with Gasteiger partial charge in [-0.25, -0.2) is 4.39 Å². The number of nitrogens with zero attached hydrogens (tertiary/aromatic N) is 1. The van der Waals surface area contributed by atoms with Gasteiger partial charge in [0.05, 0.1) is 6.61 Å². The van der Waals surface area contributed by atoms with Gasteiger partial charge in [-0.15, -0.1) is 0 Å². The average Bonchev–Trinajstić information content (AvgIpc) is 2.50. The minimum atomic E-state index is -0.640. The molecular formula is C12H15FN2O2. The Morgan fingerprint density at radius 3 is 3.06 bits per heavy atom. The van der Waals surface area contributed by atoms with Gasteiger partial charge in [0.2, 0.25) is 5.91 Å². The molecule has 1 aromatic carbocycles. The zero-order valence-electron chi connectivity index (χ0n) is 9.40.